The fourth-order valence-electron chi connectivity index (χ4n) is 4.49. The van der Waals surface area contributed by atoms with E-state index in [1.54, 1.807) is 7.11 Å². The highest BCUT2D eigenvalue weighted by Crippen LogP contribution is 2.41. The second-order valence-electron chi connectivity index (χ2n) is 8.15. The third-order valence-corrected chi connectivity index (χ3v) is 10.3. The van der Waals surface area contributed by atoms with Gasteiger partial charge in [0.15, 0.2) is 0 Å². The lowest BCUT2D eigenvalue weighted by Gasteiger charge is -2.12. The van der Waals surface area contributed by atoms with Crippen LogP contribution in [0.25, 0.3) is 36.1 Å². The number of rotatable bonds is 4. The van der Waals surface area contributed by atoms with Gasteiger partial charge in [-0.2, -0.15) is 0 Å². The molecule has 0 atom stereocenters. The molecular weight excluding hydrogens is 505 g/mol. The number of hydrogen-bond acceptors (Lipinski definition) is 5. The maximum Gasteiger partial charge on any atom is 0.118 e. The molecule has 0 fully saturated rings. The van der Waals surface area contributed by atoms with Crippen molar-refractivity contribution in [2.75, 3.05) is 7.11 Å². The van der Waals surface area contributed by atoms with Crippen LogP contribution < -0.4 is 15.2 Å². The van der Waals surface area contributed by atoms with Gasteiger partial charge in [0, 0.05) is 10.4 Å². The van der Waals surface area contributed by atoms with E-state index in [0.717, 1.165) is 12.2 Å². The molecule has 0 unspecified atom stereocenters. The number of allylic oxidation sites excluding steroid dienone is 1. The van der Waals surface area contributed by atoms with Gasteiger partial charge in [0.05, 0.1) is 15.6 Å². The Hall–Kier alpha value is -2.44. The standard InChI is InChI=1S/C30H22OS4/c1-31-22-12-9-20(10-13-22)5-4-6-21-11-14-25-26(19-21)28(30-34-17-18-35-30)24-8-3-2-7-23(24)27(25)29-32-15-16-33-29/h2-5,7-19H,6H2,1H3/b5-4+. The molecule has 4 aromatic rings. The zero-order valence-corrected chi connectivity index (χ0v) is 22.3. The van der Waals surface area contributed by atoms with Crippen LogP contribution in [0.4, 0.5) is 0 Å². The Morgan fingerprint density at radius 1 is 0.657 bits per heavy atom. The second-order valence-corrected chi connectivity index (χ2v) is 12.3. The Morgan fingerprint density at radius 3 is 1.83 bits per heavy atom. The minimum atomic E-state index is 0.883. The quantitative estimate of drug-likeness (QED) is 0.247. The molecule has 0 bridgehead atoms. The van der Waals surface area contributed by atoms with E-state index in [1.165, 1.54) is 51.6 Å². The van der Waals surface area contributed by atoms with Crippen LogP contribution in [0.2, 0.25) is 0 Å². The lowest BCUT2D eigenvalue weighted by molar-refractivity contribution is 0.415. The van der Waals surface area contributed by atoms with Crippen LogP contribution in [-0.4, -0.2) is 7.11 Å². The second kappa shape index (κ2) is 10.3. The molecule has 0 saturated carbocycles. The summed E-state index contributed by atoms with van der Waals surface area (Å²) in [6.07, 6.45) is 5.32. The first-order valence-corrected chi connectivity index (χ1v) is 14.8. The van der Waals surface area contributed by atoms with Crippen LogP contribution in [0.3, 0.4) is 0 Å². The maximum absolute atomic E-state index is 5.27. The summed E-state index contributed by atoms with van der Waals surface area (Å²) in [6, 6.07) is 24.1. The zero-order valence-electron chi connectivity index (χ0n) is 19.1. The number of methoxy groups -OCH3 is 1. The Balaban J connectivity index is 1.52. The smallest absolute Gasteiger partial charge is 0.118 e. The van der Waals surface area contributed by atoms with Gasteiger partial charge >= 0.3 is 0 Å². The van der Waals surface area contributed by atoms with Crippen molar-refractivity contribution in [3.63, 3.8) is 0 Å². The third kappa shape index (κ3) is 4.58. The van der Waals surface area contributed by atoms with Crippen molar-refractivity contribution >= 4 is 83.1 Å². The van der Waals surface area contributed by atoms with Gasteiger partial charge in [-0.1, -0.05) is 114 Å². The molecule has 0 aliphatic carbocycles. The van der Waals surface area contributed by atoms with Gasteiger partial charge in [-0.05, 0) is 72.9 Å². The number of hydrogen-bond donors (Lipinski definition) is 0. The monoisotopic (exact) mass is 526 g/mol. The van der Waals surface area contributed by atoms with E-state index < -0.39 is 0 Å². The molecule has 2 aliphatic heterocycles. The first kappa shape index (κ1) is 23.0. The van der Waals surface area contributed by atoms with Crippen molar-refractivity contribution in [2.24, 2.45) is 0 Å². The largest absolute Gasteiger partial charge is 0.497 e. The van der Waals surface area contributed by atoms with E-state index in [2.05, 4.69) is 88.4 Å². The van der Waals surface area contributed by atoms with E-state index in [4.69, 9.17) is 4.74 Å². The van der Waals surface area contributed by atoms with Gasteiger partial charge in [0.2, 0.25) is 0 Å². The average Bonchev–Trinajstić information content (AvgIpc) is 3.62. The summed E-state index contributed by atoms with van der Waals surface area (Å²) in [5.74, 6) is 0.883. The number of fused-ring (bicyclic) bond motifs is 2. The van der Waals surface area contributed by atoms with E-state index in [-0.39, 0.29) is 0 Å². The van der Waals surface area contributed by atoms with Gasteiger partial charge in [-0.25, -0.2) is 0 Å². The van der Waals surface area contributed by atoms with Crippen molar-refractivity contribution in [3.8, 4) is 5.75 Å². The first-order chi connectivity index (χ1) is 17.3. The van der Waals surface area contributed by atoms with Crippen molar-refractivity contribution in [1.82, 2.24) is 0 Å². The predicted molar refractivity (Wildman–Crippen MR) is 162 cm³/mol. The fourth-order valence-corrected chi connectivity index (χ4v) is 8.33. The summed E-state index contributed by atoms with van der Waals surface area (Å²) in [7, 11) is 1.70. The number of benzene rings is 4. The minimum Gasteiger partial charge on any atom is -0.497 e. The van der Waals surface area contributed by atoms with Crippen molar-refractivity contribution in [3.05, 3.63) is 116 Å². The van der Waals surface area contributed by atoms with Crippen LogP contribution in [0, 0.1) is 0 Å². The molecule has 4 aromatic carbocycles. The van der Waals surface area contributed by atoms with E-state index >= 15 is 0 Å². The summed E-state index contributed by atoms with van der Waals surface area (Å²) in [4.78, 5) is 0. The molecule has 6 rings (SSSR count). The predicted octanol–water partition coefficient (Wildman–Crippen LogP) is 8.29. The Morgan fingerprint density at radius 2 is 1.23 bits per heavy atom. The van der Waals surface area contributed by atoms with Crippen molar-refractivity contribution in [2.45, 2.75) is 6.42 Å². The van der Waals surface area contributed by atoms with Crippen molar-refractivity contribution in [1.29, 1.82) is 0 Å². The lowest BCUT2D eigenvalue weighted by Crippen LogP contribution is -2.17. The first-order valence-electron chi connectivity index (χ1n) is 11.3. The molecule has 0 saturated heterocycles. The Labute approximate surface area is 222 Å². The SMILES string of the molecule is COc1ccc(/C=C/Cc2ccc3c(=C4SC=CS4)c4ccccc4c(=C4SC=CS4)c3c2)cc1. The molecule has 0 N–H and O–H groups in total. The summed E-state index contributed by atoms with van der Waals surface area (Å²) < 4.78 is 7.99. The molecule has 2 aliphatic rings. The average molecular weight is 527 g/mol. The molecule has 1 nitrogen and oxygen atoms in total. The van der Waals surface area contributed by atoms with E-state index in [1.807, 2.05) is 59.2 Å². The maximum atomic E-state index is 5.27. The third-order valence-electron chi connectivity index (χ3n) is 6.09. The van der Waals surface area contributed by atoms with E-state index in [0.29, 0.717) is 0 Å². The Kier molecular flexibility index (Phi) is 6.75. The topological polar surface area (TPSA) is 9.23 Å². The molecule has 0 amide bonds. The van der Waals surface area contributed by atoms with Gasteiger partial charge in [-0.3, -0.25) is 0 Å². The van der Waals surface area contributed by atoms with Gasteiger partial charge in [0.1, 0.15) is 5.75 Å². The molecule has 0 spiro atoms. The van der Waals surface area contributed by atoms with Gasteiger partial charge in [-0.15, -0.1) is 0 Å². The van der Waals surface area contributed by atoms with Gasteiger partial charge in [0.25, 0.3) is 0 Å². The van der Waals surface area contributed by atoms with Crippen LogP contribution in [0.15, 0.2) is 94.4 Å². The molecule has 2 heterocycles. The molecule has 35 heavy (non-hydrogen) atoms. The highest BCUT2D eigenvalue weighted by atomic mass is 32.2. The minimum absolute atomic E-state index is 0.883. The summed E-state index contributed by atoms with van der Waals surface area (Å²) >= 11 is 7.33. The van der Waals surface area contributed by atoms with Gasteiger partial charge < -0.3 is 4.74 Å². The zero-order chi connectivity index (χ0) is 23.6. The summed E-state index contributed by atoms with van der Waals surface area (Å²) in [5, 5.41) is 16.8. The molecule has 172 valence electrons. The van der Waals surface area contributed by atoms with Crippen LogP contribution in [0.5, 0.6) is 5.75 Å². The number of thioether (sulfide) groups is 4. The molecular formula is C30H22OS4. The fraction of sp³-hybridized carbons (Fsp3) is 0.0667. The number of ether oxygens (including phenoxy) is 1. The molecule has 0 radical (unpaired) electrons. The lowest BCUT2D eigenvalue weighted by atomic mass is 9.96. The molecule has 5 heteroatoms. The van der Waals surface area contributed by atoms with Crippen LogP contribution in [0.1, 0.15) is 11.1 Å². The van der Waals surface area contributed by atoms with E-state index in [9.17, 15) is 0 Å². The van der Waals surface area contributed by atoms with Crippen molar-refractivity contribution < 1.29 is 4.74 Å². The summed E-state index contributed by atoms with van der Waals surface area (Å²) in [5.41, 5.74) is 2.50. The Bertz CT molecular complexity index is 1630. The van der Waals surface area contributed by atoms with Crippen LogP contribution >= 0.6 is 47.0 Å². The highest BCUT2D eigenvalue weighted by molar-refractivity contribution is 8.35. The normalized spacial score (nSPS) is 15.3. The highest BCUT2D eigenvalue weighted by Gasteiger charge is 2.15. The summed E-state index contributed by atoms with van der Waals surface area (Å²) in [6.45, 7) is 0. The molecule has 0 aromatic heterocycles. The van der Waals surface area contributed by atoms with Crippen LogP contribution in [-0.2, 0) is 6.42 Å².